The van der Waals surface area contributed by atoms with Gasteiger partial charge in [0.25, 0.3) is 0 Å². The van der Waals surface area contributed by atoms with Crippen LogP contribution in [0.25, 0.3) is 11.0 Å². The van der Waals surface area contributed by atoms with Crippen molar-refractivity contribution in [2.75, 3.05) is 12.3 Å². The van der Waals surface area contributed by atoms with E-state index in [9.17, 15) is 13.6 Å². The molecule has 3 N–H and O–H groups in total. The van der Waals surface area contributed by atoms with E-state index < -0.39 is 17.7 Å². The van der Waals surface area contributed by atoms with Gasteiger partial charge in [0, 0.05) is 18.7 Å². The number of rotatable bonds is 1. The highest BCUT2D eigenvalue weighted by Gasteiger charge is 2.28. The topological polar surface area (TPSA) is 72.9 Å². The number of carbonyl (C=O) groups is 1. The molecule has 1 unspecified atom stereocenters. The molecule has 0 aliphatic carbocycles. The van der Waals surface area contributed by atoms with Gasteiger partial charge in [-0.05, 0) is 12.8 Å². The largest absolute Gasteiger partial charge is 0.369 e. The normalized spacial score (nSPS) is 19.7. The summed E-state index contributed by atoms with van der Waals surface area (Å²) in [6.07, 6.45) is 1.35. The van der Waals surface area contributed by atoms with Gasteiger partial charge in [0.1, 0.15) is 17.4 Å². The van der Waals surface area contributed by atoms with Gasteiger partial charge in [-0.1, -0.05) is 0 Å². The maximum Gasteiger partial charge on any atom is 0.243 e. The molecule has 1 aromatic carbocycles. The first kappa shape index (κ1) is 11.9. The van der Waals surface area contributed by atoms with Gasteiger partial charge < -0.3 is 11.1 Å². The highest BCUT2D eigenvalue weighted by molar-refractivity contribution is 5.86. The van der Waals surface area contributed by atoms with E-state index in [2.05, 4.69) is 10.3 Å². The standard InChI is InChI=1S/C12H12F2N4O/c13-6-4-7(14)10-9(5-6)18(12(15)17-10)8-2-1-3-16-11(8)19/h4-5,8H,1-3H2,(H2,15,17)(H,16,19). The lowest BCUT2D eigenvalue weighted by Crippen LogP contribution is -2.38. The predicted octanol–water partition coefficient (Wildman–Crippen LogP) is 1.35. The number of fused-ring (bicyclic) bond motifs is 1. The maximum absolute atomic E-state index is 13.6. The Morgan fingerprint density at radius 3 is 2.95 bits per heavy atom. The fraction of sp³-hybridized carbons (Fsp3) is 0.333. The van der Waals surface area contributed by atoms with Crippen LogP contribution >= 0.6 is 0 Å². The Kier molecular flexibility index (Phi) is 2.62. The Bertz CT molecular complexity index is 667. The van der Waals surface area contributed by atoms with Gasteiger partial charge in [-0.15, -0.1) is 0 Å². The van der Waals surface area contributed by atoms with E-state index in [1.54, 1.807) is 0 Å². The average molecular weight is 266 g/mol. The number of nitrogens with zero attached hydrogens (tertiary/aromatic N) is 2. The number of imidazole rings is 1. The smallest absolute Gasteiger partial charge is 0.243 e. The van der Waals surface area contributed by atoms with Crippen molar-refractivity contribution in [1.82, 2.24) is 14.9 Å². The van der Waals surface area contributed by atoms with Crippen molar-refractivity contribution in [2.24, 2.45) is 0 Å². The van der Waals surface area contributed by atoms with Crippen LogP contribution in [0.4, 0.5) is 14.7 Å². The second-order valence-electron chi connectivity index (χ2n) is 4.54. The molecule has 7 heteroatoms. The molecule has 0 radical (unpaired) electrons. The third kappa shape index (κ3) is 1.81. The third-order valence-electron chi connectivity index (χ3n) is 3.31. The number of hydrogen-bond donors (Lipinski definition) is 2. The monoisotopic (exact) mass is 266 g/mol. The lowest BCUT2D eigenvalue weighted by atomic mass is 10.1. The summed E-state index contributed by atoms with van der Waals surface area (Å²) in [6.45, 7) is 0.602. The van der Waals surface area contributed by atoms with E-state index in [-0.39, 0.29) is 22.9 Å². The number of piperidine rings is 1. The van der Waals surface area contributed by atoms with Crippen LogP contribution in [0.2, 0.25) is 0 Å². The molecular formula is C12H12F2N4O. The molecule has 0 bridgehead atoms. The molecule has 1 fully saturated rings. The average Bonchev–Trinajstić information content (AvgIpc) is 2.67. The summed E-state index contributed by atoms with van der Waals surface area (Å²) in [5, 5.41) is 2.71. The van der Waals surface area contributed by atoms with Crippen molar-refractivity contribution in [3.05, 3.63) is 23.8 Å². The number of anilines is 1. The summed E-state index contributed by atoms with van der Waals surface area (Å²) < 4.78 is 28.4. The van der Waals surface area contributed by atoms with Crippen molar-refractivity contribution in [3.63, 3.8) is 0 Å². The first-order valence-electron chi connectivity index (χ1n) is 5.98. The summed E-state index contributed by atoms with van der Waals surface area (Å²) in [7, 11) is 0. The minimum Gasteiger partial charge on any atom is -0.369 e. The van der Waals surface area contributed by atoms with E-state index in [0.717, 1.165) is 18.6 Å². The van der Waals surface area contributed by atoms with Gasteiger partial charge in [0.05, 0.1) is 5.52 Å². The fourth-order valence-corrected chi connectivity index (χ4v) is 2.47. The Hall–Kier alpha value is -2.18. The van der Waals surface area contributed by atoms with Gasteiger partial charge >= 0.3 is 0 Å². The van der Waals surface area contributed by atoms with Crippen LogP contribution in [0.1, 0.15) is 18.9 Å². The van der Waals surface area contributed by atoms with Crippen LogP contribution < -0.4 is 11.1 Å². The SMILES string of the molecule is Nc1nc2c(F)cc(F)cc2n1C1CCCNC1=O. The molecule has 3 rings (SSSR count). The van der Waals surface area contributed by atoms with Crippen molar-refractivity contribution in [2.45, 2.75) is 18.9 Å². The summed E-state index contributed by atoms with van der Waals surface area (Å²) in [6, 6.07) is 1.32. The molecule has 0 saturated carbocycles. The summed E-state index contributed by atoms with van der Waals surface area (Å²) in [5.74, 6) is -1.69. The second-order valence-corrected chi connectivity index (χ2v) is 4.54. The number of amides is 1. The number of aromatic nitrogens is 2. The molecule has 2 heterocycles. The first-order chi connectivity index (χ1) is 9.08. The fourth-order valence-electron chi connectivity index (χ4n) is 2.47. The second kappa shape index (κ2) is 4.18. The van der Waals surface area contributed by atoms with Crippen molar-refractivity contribution in [3.8, 4) is 0 Å². The molecule has 1 saturated heterocycles. The quantitative estimate of drug-likeness (QED) is 0.818. The zero-order valence-electron chi connectivity index (χ0n) is 9.99. The number of halogens is 2. The summed E-state index contributed by atoms with van der Waals surface area (Å²) in [5.41, 5.74) is 5.94. The van der Waals surface area contributed by atoms with Gasteiger partial charge in [-0.25, -0.2) is 13.8 Å². The van der Waals surface area contributed by atoms with E-state index in [4.69, 9.17) is 5.73 Å². The molecule has 100 valence electrons. The number of benzene rings is 1. The van der Waals surface area contributed by atoms with Crippen molar-refractivity contribution >= 4 is 22.9 Å². The lowest BCUT2D eigenvalue weighted by Gasteiger charge is -2.24. The maximum atomic E-state index is 13.6. The predicted molar refractivity (Wildman–Crippen MR) is 65.3 cm³/mol. The van der Waals surface area contributed by atoms with Crippen LogP contribution in [0.15, 0.2) is 12.1 Å². The Morgan fingerprint density at radius 2 is 2.21 bits per heavy atom. The van der Waals surface area contributed by atoms with Gasteiger partial charge in [0.15, 0.2) is 5.82 Å². The minimum absolute atomic E-state index is 0.0153. The first-order valence-corrected chi connectivity index (χ1v) is 5.98. The molecule has 5 nitrogen and oxygen atoms in total. The number of carbonyl (C=O) groups excluding carboxylic acids is 1. The molecule has 1 aromatic heterocycles. The molecule has 1 atom stereocenters. The summed E-state index contributed by atoms with van der Waals surface area (Å²) in [4.78, 5) is 15.7. The molecule has 0 spiro atoms. The Labute approximate surface area is 107 Å². The number of nitrogen functional groups attached to an aromatic ring is 1. The van der Waals surface area contributed by atoms with Crippen molar-refractivity contribution < 1.29 is 13.6 Å². The van der Waals surface area contributed by atoms with E-state index in [1.165, 1.54) is 4.57 Å². The molecule has 1 amide bonds. The highest BCUT2D eigenvalue weighted by atomic mass is 19.1. The molecule has 19 heavy (non-hydrogen) atoms. The molecule has 2 aromatic rings. The van der Waals surface area contributed by atoms with Crippen LogP contribution in [0.3, 0.4) is 0 Å². The molecular weight excluding hydrogens is 254 g/mol. The number of hydrogen-bond acceptors (Lipinski definition) is 3. The van der Waals surface area contributed by atoms with Crippen LogP contribution in [-0.4, -0.2) is 22.0 Å². The highest BCUT2D eigenvalue weighted by Crippen LogP contribution is 2.29. The minimum atomic E-state index is -0.781. The van der Waals surface area contributed by atoms with Gasteiger partial charge in [0.2, 0.25) is 11.9 Å². The van der Waals surface area contributed by atoms with E-state index in [1.807, 2.05) is 0 Å². The van der Waals surface area contributed by atoms with Crippen LogP contribution in [-0.2, 0) is 4.79 Å². The van der Waals surface area contributed by atoms with Gasteiger partial charge in [-0.2, -0.15) is 0 Å². The van der Waals surface area contributed by atoms with Crippen LogP contribution in [0, 0.1) is 11.6 Å². The van der Waals surface area contributed by atoms with Gasteiger partial charge in [-0.3, -0.25) is 9.36 Å². The third-order valence-corrected chi connectivity index (χ3v) is 3.31. The van der Waals surface area contributed by atoms with E-state index in [0.29, 0.717) is 13.0 Å². The zero-order chi connectivity index (χ0) is 13.6. The van der Waals surface area contributed by atoms with E-state index >= 15 is 0 Å². The molecule has 1 aliphatic rings. The summed E-state index contributed by atoms with van der Waals surface area (Å²) >= 11 is 0. The Balaban J connectivity index is 2.22. The number of nitrogens with one attached hydrogen (secondary N) is 1. The van der Waals surface area contributed by atoms with Crippen LogP contribution in [0.5, 0.6) is 0 Å². The zero-order valence-corrected chi connectivity index (χ0v) is 9.99. The number of nitrogens with two attached hydrogens (primary N) is 1. The molecule has 1 aliphatic heterocycles. The lowest BCUT2D eigenvalue weighted by molar-refractivity contribution is -0.125. The van der Waals surface area contributed by atoms with Crippen molar-refractivity contribution in [1.29, 1.82) is 0 Å². The Morgan fingerprint density at radius 1 is 1.42 bits per heavy atom.